The first-order valence-electron chi connectivity index (χ1n) is 5.27. The molecule has 0 aliphatic heterocycles. The fourth-order valence-corrected chi connectivity index (χ4v) is 2.22. The van der Waals surface area contributed by atoms with E-state index in [1.807, 2.05) is 19.3 Å². The third-order valence-electron chi connectivity index (χ3n) is 2.24. The lowest BCUT2D eigenvalue weighted by Crippen LogP contribution is -2.30. The molecular weight excluding hydrogens is 250 g/mol. The summed E-state index contributed by atoms with van der Waals surface area (Å²) in [7, 11) is 1.87. The summed E-state index contributed by atoms with van der Waals surface area (Å²) in [5, 5.41) is 4.08. The Kier molecular flexibility index (Phi) is 3.96. The Hall–Kier alpha value is -1.86. The standard InChI is InChI=1S/C11H13N5OS/c1-16-6-9(5-13-16)18-7-8-3-2-4-10(14-8)11(17)15-12/h2-6H,7,12H2,1H3,(H,15,17). The molecule has 0 spiro atoms. The molecule has 2 heterocycles. The number of nitrogens with zero attached hydrogens (tertiary/aromatic N) is 3. The van der Waals surface area contributed by atoms with Crippen molar-refractivity contribution < 1.29 is 4.79 Å². The van der Waals surface area contributed by atoms with Crippen LogP contribution in [0.2, 0.25) is 0 Å². The monoisotopic (exact) mass is 263 g/mol. The van der Waals surface area contributed by atoms with Gasteiger partial charge in [-0.15, -0.1) is 11.8 Å². The van der Waals surface area contributed by atoms with Gasteiger partial charge in [0.25, 0.3) is 5.91 Å². The lowest BCUT2D eigenvalue weighted by molar-refractivity contribution is 0.0948. The molecule has 0 unspecified atom stereocenters. The fraction of sp³-hybridized carbons (Fsp3) is 0.182. The molecule has 0 aliphatic rings. The van der Waals surface area contributed by atoms with E-state index < -0.39 is 0 Å². The molecule has 0 bridgehead atoms. The van der Waals surface area contributed by atoms with Crippen LogP contribution < -0.4 is 11.3 Å². The molecule has 18 heavy (non-hydrogen) atoms. The Labute approximate surface area is 109 Å². The number of nitrogens with one attached hydrogen (secondary N) is 1. The highest BCUT2D eigenvalue weighted by Gasteiger charge is 2.06. The van der Waals surface area contributed by atoms with Crippen molar-refractivity contribution in [1.29, 1.82) is 0 Å². The summed E-state index contributed by atoms with van der Waals surface area (Å²) >= 11 is 1.61. The second-order valence-corrected chi connectivity index (χ2v) is 4.67. The number of carbonyl (C=O) groups is 1. The Bertz CT molecular complexity index is 554. The van der Waals surface area contributed by atoms with E-state index in [1.165, 1.54) is 0 Å². The largest absolute Gasteiger partial charge is 0.289 e. The first-order chi connectivity index (χ1) is 8.69. The molecule has 3 N–H and O–H groups in total. The predicted octanol–water partition coefficient (Wildman–Crippen LogP) is 0.711. The van der Waals surface area contributed by atoms with Gasteiger partial charge >= 0.3 is 0 Å². The summed E-state index contributed by atoms with van der Waals surface area (Å²) < 4.78 is 1.74. The SMILES string of the molecule is Cn1cc(SCc2cccc(C(=O)NN)n2)cn1. The summed E-state index contributed by atoms with van der Waals surface area (Å²) in [5.74, 6) is 5.36. The van der Waals surface area contributed by atoms with Crippen LogP contribution in [0.4, 0.5) is 0 Å². The number of nitrogens with two attached hydrogens (primary N) is 1. The zero-order valence-electron chi connectivity index (χ0n) is 9.83. The van der Waals surface area contributed by atoms with Crippen LogP contribution in [0.1, 0.15) is 16.2 Å². The molecule has 0 fully saturated rings. The number of pyridine rings is 1. The Morgan fingerprint density at radius 1 is 1.56 bits per heavy atom. The quantitative estimate of drug-likeness (QED) is 0.367. The van der Waals surface area contributed by atoms with Crippen LogP contribution in [0.25, 0.3) is 0 Å². The van der Waals surface area contributed by atoms with Crippen LogP contribution in [0.3, 0.4) is 0 Å². The second-order valence-electron chi connectivity index (χ2n) is 3.63. The first-order valence-corrected chi connectivity index (χ1v) is 6.26. The molecule has 0 radical (unpaired) electrons. The first kappa shape index (κ1) is 12.6. The summed E-state index contributed by atoms with van der Waals surface area (Å²) in [5.41, 5.74) is 3.21. The van der Waals surface area contributed by atoms with E-state index in [9.17, 15) is 4.79 Å². The molecule has 2 aromatic heterocycles. The molecule has 0 aromatic carbocycles. The van der Waals surface area contributed by atoms with E-state index in [-0.39, 0.29) is 5.91 Å². The van der Waals surface area contributed by atoms with E-state index in [0.29, 0.717) is 11.4 Å². The van der Waals surface area contributed by atoms with Gasteiger partial charge in [0, 0.05) is 23.9 Å². The predicted molar refractivity (Wildman–Crippen MR) is 68.7 cm³/mol. The molecule has 94 valence electrons. The summed E-state index contributed by atoms with van der Waals surface area (Å²) in [6, 6.07) is 5.29. The smallest absolute Gasteiger partial charge is 0.283 e. The normalized spacial score (nSPS) is 10.3. The number of carbonyl (C=O) groups excluding carboxylic acids is 1. The number of hydrogen-bond donors (Lipinski definition) is 2. The van der Waals surface area contributed by atoms with Crippen LogP contribution in [-0.2, 0) is 12.8 Å². The third-order valence-corrected chi connectivity index (χ3v) is 3.22. The number of rotatable bonds is 4. The van der Waals surface area contributed by atoms with Gasteiger partial charge in [-0.2, -0.15) is 5.10 Å². The van der Waals surface area contributed by atoms with Crippen LogP contribution in [0, 0.1) is 0 Å². The number of aryl methyl sites for hydroxylation is 1. The minimum absolute atomic E-state index is 0.321. The van der Waals surface area contributed by atoms with Gasteiger partial charge in [-0.3, -0.25) is 14.9 Å². The molecule has 0 atom stereocenters. The zero-order valence-corrected chi connectivity index (χ0v) is 10.6. The van der Waals surface area contributed by atoms with E-state index in [0.717, 1.165) is 10.6 Å². The highest BCUT2D eigenvalue weighted by atomic mass is 32.2. The number of hydrazine groups is 1. The third kappa shape index (κ3) is 3.08. The molecular formula is C11H13N5OS. The van der Waals surface area contributed by atoms with Crippen molar-refractivity contribution >= 4 is 17.7 Å². The molecule has 0 saturated carbocycles. The summed E-state index contributed by atoms with van der Waals surface area (Å²) in [6.45, 7) is 0. The van der Waals surface area contributed by atoms with E-state index in [4.69, 9.17) is 5.84 Å². The lowest BCUT2D eigenvalue weighted by Gasteiger charge is -2.02. The van der Waals surface area contributed by atoms with Gasteiger partial charge in [0.2, 0.25) is 0 Å². The van der Waals surface area contributed by atoms with Gasteiger partial charge in [0.15, 0.2) is 0 Å². The van der Waals surface area contributed by atoms with Crippen molar-refractivity contribution in [2.75, 3.05) is 0 Å². The number of aromatic nitrogens is 3. The maximum atomic E-state index is 11.3. The van der Waals surface area contributed by atoms with Gasteiger partial charge in [-0.25, -0.2) is 10.8 Å². The van der Waals surface area contributed by atoms with Crippen molar-refractivity contribution in [2.45, 2.75) is 10.6 Å². The van der Waals surface area contributed by atoms with Crippen LogP contribution in [0.15, 0.2) is 35.5 Å². The van der Waals surface area contributed by atoms with Gasteiger partial charge in [0.1, 0.15) is 5.69 Å². The Morgan fingerprint density at radius 2 is 2.39 bits per heavy atom. The van der Waals surface area contributed by atoms with Gasteiger partial charge in [0.05, 0.1) is 11.9 Å². The second kappa shape index (κ2) is 5.65. The van der Waals surface area contributed by atoms with Crippen molar-refractivity contribution in [1.82, 2.24) is 20.2 Å². The van der Waals surface area contributed by atoms with E-state index >= 15 is 0 Å². The van der Waals surface area contributed by atoms with Gasteiger partial charge < -0.3 is 0 Å². The topological polar surface area (TPSA) is 85.8 Å². The highest BCUT2D eigenvalue weighted by Crippen LogP contribution is 2.20. The summed E-state index contributed by atoms with van der Waals surface area (Å²) in [4.78, 5) is 16.6. The van der Waals surface area contributed by atoms with Crippen molar-refractivity contribution in [2.24, 2.45) is 12.9 Å². The van der Waals surface area contributed by atoms with Crippen LogP contribution >= 0.6 is 11.8 Å². The fourth-order valence-electron chi connectivity index (χ4n) is 1.39. The average Bonchev–Trinajstić information content (AvgIpc) is 2.81. The van der Waals surface area contributed by atoms with Gasteiger partial charge in [-0.05, 0) is 12.1 Å². The maximum absolute atomic E-state index is 11.3. The zero-order chi connectivity index (χ0) is 13.0. The molecule has 2 aromatic rings. The number of nitrogen functional groups attached to an aromatic ring is 1. The maximum Gasteiger partial charge on any atom is 0.283 e. The number of thioether (sulfide) groups is 1. The minimum atomic E-state index is -0.386. The average molecular weight is 263 g/mol. The number of amides is 1. The van der Waals surface area contributed by atoms with Crippen LogP contribution in [-0.4, -0.2) is 20.7 Å². The van der Waals surface area contributed by atoms with Crippen LogP contribution in [0.5, 0.6) is 0 Å². The Balaban J connectivity index is 2.03. The van der Waals surface area contributed by atoms with Crippen molar-refractivity contribution in [3.8, 4) is 0 Å². The minimum Gasteiger partial charge on any atom is -0.289 e. The molecule has 1 amide bonds. The van der Waals surface area contributed by atoms with E-state index in [1.54, 1.807) is 34.8 Å². The van der Waals surface area contributed by atoms with Crippen molar-refractivity contribution in [3.63, 3.8) is 0 Å². The molecule has 0 aliphatic carbocycles. The highest BCUT2D eigenvalue weighted by molar-refractivity contribution is 7.98. The Morgan fingerprint density at radius 3 is 3.06 bits per heavy atom. The summed E-state index contributed by atoms with van der Waals surface area (Å²) in [6.07, 6.45) is 3.72. The molecule has 7 heteroatoms. The van der Waals surface area contributed by atoms with E-state index in [2.05, 4.69) is 15.5 Å². The lowest BCUT2D eigenvalue weighted by atomic mass is 10.3. The van der Waals surface area contributed by atoms with Crippen molar-refractivity contribution in [3.05, 3.63) is 42.0 Å². The molecule has 2 rings (SSSR count). The molecule has 0 saturated heterocycles. The molecule has 6 nitrogen and oxygen atoms in total. The van der Waals surface area contributed by atoms with Gasteiger partial charge in [-0.1, -0.05) is 6.07 Å². The number of hydrogen-bond acceptors (Lipinski definition) is 5.